The van der Waals surface area contributed by atoms with Gasteiger partial charge in [-0.05, 0) is 30.3 Å². The van der Waals surface area contributed by atoms with Gasteiger partial charge in [-0.1, -0.05) is 24.3 Å². The smallest absolute Gasteiger partial charge is 0.232 e. The molecule has 31 heavy (non-hydrogen) atoms. The van der Waals surface area contributed by atoms with E-state index in [1.165, 1.54) is 0 Å². The van der Waals surface area contributed by atoms with E-state index in [1.807, 2.05) is 19.2 Å². The number of guanidine groups is 1. The van der Waals surface area contributed by atoms with E-state index in [0.717, 1.165) is 17.8 Å². The van der Waals surface area contributed by atoms with E-state index >= 15 is 0 Å². The van der Waals surface area contributed by atoms with E-state index < -0.39 is 16.1 Å². The summed E-state index contributed by atoms with van der Waals surface area (Å²) in [4.78, 5) is 4.19. The zero-order chi connectivity index (χ0) is 22.7. The fourth-order valence-electron chi connectivity index (χ4n) is 2.67. The molecule has 9 nitrogen and oxygen atoms in total. The number of hydrogen-bond acceptors (Lipinski definition) is 8. The largest absolute Gasteiger partial charge is 0.464 e. The maximum Gasteiger partial charge on any atom is 0.232 e. The maximum atomic E-state index is 11.6. The highest BCUT2D eigenvalue weighted by Gasteiger charge is 2.11. The second-order valence-corrected chi connectivity index (χ2v) is 9.71. The summed E-state index contributed by atoms with van der Waals surface area (Å²) in [5.41, 5.74) is 1.28. The van der Waals surface area contributed by atoms with Crippen LogP contribution in [0.1, 0.15) is 28.8 Å². The van der Waals surface area contributed by atoms with E-state index in [-0.39, 0.29) is 19.1 Å². The SMILES string of the molecule is CNCc1ccc(CSCCNC(=NCC(O)c2cccc(CO)c2)NS(C)(=O)=O)o1. The molecule has 1 aromatic carbocycles. The molecule has 0 radical (unpaired) electrons. The molecule has 0 aliphatic heterocycles. The van der Waals surface area contributed by atoms with Crippen molar-refractivity contribution >= 4 is 27.7 Å². The summed E-state index contributed by atoms with van der Waals surface area (Å²) in [6, 6.07) is 10.8. The molecule has 0 spiro atoms. The van der Waals surface area contributed by atoms with Gasteiger partial charge in [0, 0.05) is 12.3 Å². The molecule has 0 bridgehead atoms. The number of rotatable bonds is 12. The van der Waals surface area contributed by atoms with Gasteiger partial charge >= 0.3 is 0 Å². The molecule has 0 amide bonds. The fourth-order valence-corrected chi connectivity index (χ4v) is 3.90. The van der Waals surface area contributed by atoms with Crippen LogP contribution in [-0.2, 0) is 28.9 Å². The molecule has 2 aromatic rings. The third kappa shape index (κ3) is 9.74. The van der Waals surface area contributed by atoms with Crippen molar-refractivity contribution in [2.45, 2.75) is 25.0 Å². The van der Waals surface area contributed by atoms with Crippen molar-refractivity contribution < 1.29 is 23.0 Å². The summed E-state index contributed by atoms with van der Waals surface area (Å²) in [5.74, 6) is 3.25. The minimum absolute atomic E-state index is 0.0342. The highest BCUT2D eigenvalue weighted by Crippen LogP contribution is 2.16. The Kier molecular flexibility index (Phi) is 10.3. The van der Waals surface area contributed by atoms with Crippen LogP contribution in [0.2, 0.25) is 0 Å². The van der Waals surface area contributed by atoms with Crippen LogP contribution >= 0.6 is 11.8 Å². The second kappa shape index (κ2) is 12.7. The van der Waals surface area contributed by atoms with Gasteiger partial charge in [-0.25, -0.2) is 13.4 Å². The van der Waals surface area contributed by atoms with E-state index in [9.17, 15) is 18.6 Å². The van der Waals surface area contributed by atoms with Gasteiger partial charge in [0.25, 0.3) is 0 Å². The predicted molar refractivity (Wildman–Crippen MR) is 123 cm³/mol. The molecule has 0 fully saturated rings. The topological polar surface area (TPSA) is 136 Å². The first-order valence-corrected chi connectivity index (χ1v) is 12.8. The summed E-state index contributed by atoms with van der Waals surface area (Å²) in [5, 5.41) is 25.6. The number of nitrogens with zero attached hydrogens (tertiary/aromatic N) is 1. The van der Waals surface area contributed by atoms with Gasteiger partial charge in [0.15, 0.2) is 0 Å². The van der Waals surface area contributed by atoms with E-state index in [1.54, 1.807) is 36.0 Å². The van der Waals surface area contributed by atoms with E-state index in [0.29, 0.717) is 35.7 Å². The molecule has 1 unspecified atom stereocenters. The Bertz CT molecular complexity index is 947. The number of aliphatic hydroxyl groups is 2. The number of hydrogen-bond donors (Lipinski definition) is 5. The van der Waals surface area contributed by atoms with Gasteiger partial charge in [-0.2, -0.15) is 11.8 Å². The van der Waals surface area contributed by atoms with Crippen molar-refractivity contribution in [3.63, 3.8) is 0 Å². The average molecular weight is 471 g/mol. The molecular weight excluding hydrogens is 440 g/mol. The van der Waals surface area contributed by atoms with Crippen molar-refractivity contribution in [1.29, 1.82) is 0 Å². The maximum absolute atomic E-state index is 11.6. The number of nitrogens with one attached hydrogen (secondary N) is 3. The molecule has 0 aliphatic carbocycles. The number of furan rings is 1. The molecule has 0 saturated heterocycles. The van der Waals surface area contributed by atoms with Crippen LogP contribution in [0.4, 0.5) is 0 Å². The van der Waals surface area contributed by atoms with Gasteiger partial charge < -0.3 is 25.3 Å². The first-order valence-electron chi connectivity index (χ1n) is 9.74. The van der Waals surface area contributed by atoms with Crippen LogP contribution in [0.5, 0.6) is 0 Å². The Balaban J connectivity index is 1.85. The Morgan fingerprint density at radius 1 is 1.26 bits per heavy atom. The van der Waals surface area contributed by atoms with Crippen LogP contribution < -0.4 is 15.4 Å². The van der Waals surface area contributed by atoms with Crippen molar-refractivity contribution in [2.24, 2.45) is 4.99 Å². The number of benzene rings is 1. The predicted octanol–water partition coefficient (Wildman–Crippen LogP) is 0.953. The fraction of sp³-hybridized carbons (Fsp3) is 0.450. The summed E-state index contributed by atoms with van der Waals surface area (Å²) in [7, 11) is -1.66. The zero-order valence-corrected chi connectivity index (χ0v) is 19.3. The number of sulfonamides is 1. The Labute approximate surface area is 187 Å². The molecule has 0 aliphatic rings. The summed E-state index contributed by atoms with van der Waals surface area (Å²) >= 11 is 1.64. The van der Waals surface area contributed by atoms with Crippen molar-refractivity contribution in [3.05, 3.63) is 59.0 Å². The Morgan fingerprint density at radius 3 is 2.74 bits per heavy atom. The Morgan fingerprint density at radius 2 is 2.03 bits per heavy atom. The van der Waals surface area contributed by atoms with Gasteiger partial charge in [0.2, 0.25) is 16.0 Å². The molecule has 0 saturated carbocycles. The molecule has 11 heteroatoms. The second-order valence-electron chi connectivity index (χ2n) is 6.86. The minimum atomic E-state index is -3.52. The van der Waals surface area contributed by atoms with Gasteiger partial charge in [-0.15, -0.1) is 0 Å². The monoisotopic (exact) mass is 470 g/mol. The normalized spacial score (nSPS) is 13.2. The molecular formula is C20H30N4O5S2. The number of aliphatic imine (C=N–C) groups is 1. The summed E-state index contributed by atoms with van der Waals surface area (Å²) in [6.45, 7) is 0.998. The van der Waals surface area contributed by atoms with Crippen LogP contribution in [0, 0.1) is 0 Å². The van der Waals surface area contributed by atoms with E-state index in [2.05, 4.69) is 20.3 Å². The van der Waals surface area contributed by atoms with Gasteiger partial charge in [0.05, 0.1) is 37.8 Å². The van der Waals surface area contributed by atoms with Crippen LogP contribution in [-0.4, -0.2) is 56.7 Å². The quantitative estimate of drug-likeness (QED) is 0.176. The van der Waals surface area contributed by atoms with Gasteiger partial charge in [-0.3, -0.25) is 4.72 Å². The lowest BCUT2D eigenvalue weighted by atomic mass is 10.1. The average Bonchev–Trinajstić information content (AvgIpc) is 3.18. The number of thioether (sulfide) groups is 1. The zero-order valence-electron chi connectivity index (χ0n) is 17.7. The van der Waals surface area contributed by atoms with Crippen LogP contribution in [0.3, 0.4) is 0 Å². The van der Waals surface area contributed by atoms with Crippen LogP contribution in [0.25, 0.3) is 0 Å². The lowest BCUT2D eigenvalue weighted by molar-refractivity contribution is 0.186. The van der Waals surface area contributed by atoms with E-state index in [4.69, 9.17) is 4.42 Å². The summed E-state index contributed by atoms with van der Waals surface area (Å²) in [6.07, 6.45) is 0.115. The third-order valence-electron chi connectivity index (χ3n) is 4.07. The highest BCUT2D eigenvalue weighted by atomic mass is 32.2. The standard InChI is InChI=1S/C20H30N4O5S2/c1-21-11-17-6-7-18(29-17)14-30-9-8-22-20(24-31(2,27)28)23-12-19(26)16-5-3-4-15(10-16)13-25/h3-7,10,19,21,25-26H,8-9,11-14H2,1-2H3,(H2,22,23,24). The molecule has 172 valence electrons. The molecule has 5 N–H and O–H groups in total. The van der Waals surface area contributed by atoms with Crippen molar-refractivity contribution in [3.8, 4) is 0 Å². The Hall–Kier alpha value is -2.05. The molecule has 1 aromatic heterocycles. The first kappa shape index (κ1) is 25.2. The summed E-state index contributed by atoms with van der Waals surface area (Å²) < 4.78 is 31.3. The van der Waals surface area contributed by atoms with Crippen LogP contribution in [0.15, 0.2) is 45.8 Å². The molecule has 2 rings (SSSR count). The lowest BCUT2D eigenvalue weighted by Crippen LogP contribution is -2.41. The molecule has 1 atom stereocenters. The highest BCUT2D eigenvalue weighted by molar-refractivity contribution is 7.98. The first-order chi connectivity index (χ1) is 14.8. The lowest BCUT2D eigenvalue weighted by Gasteiger charge is -2.13. The van der Waals surface area contributed by atoms with Crippen molar-refractivity contribution in [2.75, 3.05) is 32.1 Å². The molecule has 1 heterocycles. The third-order valence-corrected chi connectivity index (χ3v) is 5.62. The number of aliphatic hydroxyl groups excluding tert-OH is 2. The van der Waals surface area contributed by atoms with Crippen molar-refractivity contribution in [1.82, 2.24) is 15.4 Å². The van der Waals surface area contributed by atoms with Gasteiger partial charge in [0.1, 0.15) is 11.5 Å². The minimum Gasteiger partial charge on any atom is -0.464 e.